The van der Waals surface area contributed by atoms with Gasteiger partial charge in [0.2, 0.25) is 5.91 Å². The van der Waals surface area contributed by atoms with E-state index in [0.717, 1.165) is 18.8 Å². The summed E-state index contributed by atoms with van der Waals surface area (Å²) >= 11 is 5.58. The highest BCUT2D eigenvalue weighted by Gasteiger charge is 2.22. The third-order valence-electron chi connectivity index (χ3n) is 3.01. The number of amides is 1. The molecule has 0 radical (unpaired) electrons. The van der Waals surface area contributed by atoms with Gasteiger partial charge in [0, 0.05) is 38.9 Å². The first kappa shape index (κ1) is 12.2. The van der Waals surface area contributed by atoms with Gasteiger partial charge >= 0.3 is 0 Å². The molecule has 1 aliphatic rings. The fraction of sp³-hybridized carbons (Fsp3) is 0.500. The Bertz CT molecular complexity index is 434. The van der Waals surface area contributed by atoms with Gasteiger partial charge in [0.05, 0.1) is 0 Å². The van der Waals surface area contributed by atoms with Crippen molar-refractivity contribution < 1.29 is 4.79 Å². The normalized spacial score (nSPS) is 14.4. The van der Waals surface area contributed by atoms with Crippen LogP contribution in [0.3, 0.4) is 0 Å². The smallest absolute Gasteiger partial charge is 0.237 e. The van der Waals surface area contributed by atoms with Gasteiger partial charge in [-0.1, -0.05) is 0 Å². The Kier molecular flexibility index (Phi) is 3.52. The van der Waals surface area contributed by atoms with E-state index < -0.39 is 0 Å². The van der Waals surface area contributed by atoms with Crippen molar-refractivity contribution >= 4 is 23.3 Å². The molecule has 2 rings (SSSR count). The summed E-state index contributed by atoms with van der Waals surface area (Å²) in [5.74, 6) is 1.06. The Labute approximate surface area is 106 Å². The number of fused-ring (bicyclic) bond motifs is 1. The summed E-state index contributed by atoms with van der Waals surface area (Å²) in [6.45, 7) is 1.37. The van der Waals surface area contributed by atoms with Crippen LogP contribution in [0.4, 0.5) is 5.82 Å². The van der Waals surface area contributed by atoms with Crippen LogP contribution in [0.5, 0.6) is 0 Å². The molecule has 1 aromatic heterocycles. The van der Waals surface area contributed by atoms with E-state index >= 15 is 0 Å². The average molecular weight is 254 g/mol. The molecule has 2 heterocycles. The number of hydrogen-bond acceptors (Lipinski definition) is 3. The van der Waals surface area contributed by atoms with Crippen molar-refractivity contribution in [2.24, 2.45) is 0 Å². The van der Waals surface area contributed by atoms with Crippen LogP contribution in [-0.2, 0) is 17.8 Å². The van der Waals surface area contributed by atoms with Gasteiger partial charge < -0.3 is 9.80 Å². The molecule has 0 saturated carbocycles. The molecule has 0 fully saturated rings. The van der Waals surface area contributed by atoms with Crippen molar-refractivity contribution in [3.05, 3.63) is 23.4 Å². The zero-order valence-electron chi connectivity index (χ0n) is 10.1. The Morgan fingerprint density at radius 2 is 2.35 bits per heavy atom. The molecule has 0 unspecified atom stereocenters. The van der Waals surface area contributed by atoms with Gasteiger partial charge in [-0.2, -0.15) is 0 Å². The molecule has 0 N–H and O–H groups in total. The largest absolute Gasteiger partial charge is 0.363 e. The van der Waals surface area contributed by atoms with Gasteiger partial charge in [-0.25, -0.2) is 4.98 Å². The number of nitrogens with zero attached hydrogens (tertiary/aromatic N) is 3. The van der Waals surface area contributed by atoms with Gasteiger partial charge in [0.15, 0.2) is 0 Å². The van der Waals surface area contributed by atoms with E-state index in [2.05, 4.69) is 4.98 Å². The molecule has 0 spiro atoms. The van der Waals surface area contributed by atoms with Crippen LogP contribution in [0.1, 0.15) is 11.1 Å². The van der Waals surface area contributed by atoms with Crippen LogP contribution in [0, 0.1) is 0 Å². The number of alkyl halides is 1. The average Bonchev–Trinajstić information content (AvgIpc) is 2.36. The fourth-order valence-electron chi connectivity index (χ4n) is 2.15. The van der Waals surface area contributed by atoms with Crippen molar-refractivity contribution in [1.29, 1.82) is 0 Å². The second-order valence-electron chi connectivity index (χ2n) is 4.37. The number of pyridine rings is 1. The molecule has 1 aromatic rings. The van der Waals surface area contributed by atoms with Crippen molar-refractivity contribution in [1.82, 2.24) is 9.88 Å². The fourth-order valence-corrected chi connectivity index (χ4v) is 2.32. The number of carbonyl (C=O) groups is 1. The van der Waals surface area contributed by atoms with Crippen LogP contribution in [-0.4, -0.2) is 42.3 Å². The number of carbonyl (C=O) groups excluding carboxylic acids is 1. The zero-order valence-corrected chi connectivity index (χ0v) is 10.9. The maximum Gasteiger partial charge on any atom is 0.237 e. The first-order valence-electron chi connectivity index (χ1n) is 5.61. The summed E-state index contributed by atoms with van der Waals surface area (Å²) < 4.78 is 0. The van der Waals surface area contributed by atoms with Crippen molar-refractivity contribution in [2.75, 3.05) is 31.4 Å². The molecular weight excluding hydrogens is 238 g/mol. The van der Waals surface area contributed by atoms with Crippen LogP contribution < -0.4 is 4.90 Å². The number of hydrogen-bond donors (Lipinski definition) is 0. The highest BCUT2D eigenvalue weighted by molar-refractivity contribution is 6.27. The van der Waals surface area contributed by atoms with Crippen molar-refractivity contribution in [3.63, 3.8) is 0 Å². The van der Waals surface area contributed by atoms with Crippen LogP contribution in [0.2, 0.25) is 0 Å². The molecule has 4 nitrogen and oxygen atoms in total. The van der Waals surface area contributed by atoms with E-state index in [9.17, 15) is 4.79 Å². The molecule has 92 valence electrons. The third-order valence-corrected chi connectivity index (χ3v) is 3.24. The van der Waals surface area contributed by atoms with E-state index in [1.54, 1.807) is 11.1 Å². The molecule has 0 aliphatic carbocycles. The maximum absolute atomic E-state index is 11.6. The summed E-state index contributed by atoms with van der Waals surface area (Å²) in [5.41, 5.74) is 2.42. The minimum atomic E-state index is 0.000493. The quantitative estimate of drug-likeness (QED) is 0.745. The Morgan fingerprint density at radius 3 is 3.00 bits per heavy atom. The van der Waals surface area contributed by atoms with Crippen molar-refractivity contribution in [2.45, 2.75) is 13.0 Å². The molecule has 0 aromatic carbocycles. The van der Waals surface area contributed by atoms with Gasteiger partial charge in [0.25, 0.3) is 0 Å². The number of anilines is 1. The Balaban J connectivity index is 2.28. The second kappa shape index (κ2) is 4.92. The second-order valence-corrected chi connectivity index (χ2v) is 4.63. The first-order valence-corrected chi connectivity index (χ1v) is 6.14. The summed E-state index contributed by atoms with van der Waals surface area (Å²) in [5, 5.41) is 0. The predicted octanol–water partition coefficient (Wildman–Crippen LogP) is 1.27. The summed E-state index contributed by atoms with van der Waals surface area (Å²) in [7, 11) is 3.97. The molecule has 5 heteroatoms. The standard InChI is InChI=1S/C12H16ClN3O/c1-15(2)12-10-4-6-16(11(17)7-13)8-9(10)3-5-14-12/h3,5H,4,6-8H2,1-2H3. The van der Waals surface area contributed by atoms with Crippen LogP contribution >= 0.6 is 11.6 Å². The molecule has 17 heavy (non-hydrogen) atoms. The van der Waals surface area contributed by atoms with E-state index in [4.69, 9.17) is 11.6 Å². The lowest BCUT2D eigenvalue weighted by Gasteiger charge is -2.30. The Hall–Kier alpha value is -1.29. The van der Waals surface area contributed by atoms with Gasteiger partial charge in [-0.05, 0) is 18.1 Å². The van der Waals surface area contributed by atoms with Gasteiger partial charge in [0.1, 0.15) is 11.7 Å². The van der Waals surface area contributed by atoms with Gasteiger partial charge in [-0.15, -0.1) is 11.6 Å². The SMILES string of the molecule is CN(C)c1nccc2c1CCN(C(=O)CCl)C2. The topological polar surface area (TPSA) is 36.4 Å². The number of halogens is 1. The number of aromatic nitrogens is 1. The van der Waals surface area contributed by atoms with Crippen molar-refractivity contribution in [3.8, 4) is 0 Å². The molecule has 1 amide bonds. The lowest BCUT2D eigenvalue weighted by Crippen LogP contribution is -2.37. The minimum Gasteiger partial charge on any atom is -0.363 e. The Morgan fingerprint density at radius 1 is 1.59 bits per heavy atom. The highest BCUT2D eigenvalue weighted by Crippen LogP contribution is 2.25. The van der Waals surface area contributed by atoms with Crippen LogP contribution in [0.25, 0.3) is 0 Å². The zero-order chi connectivity index (χ0) is 12.4. The van der Waals surface area contributed by atoms with E-state index in [1.807, 2.05) is 25.1 Å². The lowest BCUT2D eigenvalue weighted by atomic mass is 10.0. The predicted molar refractivity (Wildman–Crippen MR) is 68.4 cm³/mol. The van der Waals surface area contributed by atoms with Crippen LogP contribution in [0.15, 0.2) is 12.3 Å². The first-order chi connectivity index (χ1) is 8.13. The van der Waals surface area contributed by atoms with E-state index in [0.29, 0.717) is 6.54 Å². The molecule has 0 atom stereocenters. The maximum atomic E-state index is 11.6. The molecular formula is C12H16ClN3O. The van der Waals surface area contributed by atoms with E-state index in [-0.39, 0.29) is 11.8 Å². The molecule has 0 bridgehead atoms. The van der Waals surface area contributed by atoms with E-state index in [1.165, 1.54) is 11.1 Å². The molecule has 1 aliphatic heterocycles. The third kappa shape index (κ3) is 2.36. The molecule has 0 saturated heterocycles. The van der Waals surface area contributed by atoms with Gasteiger partial charge in [-0.3, -0.25) is 4.79 Å². The minimum absolute atomic E-state index is 0.000493. The summed E-state index contributed by atoms with van der Waals surface area (Å²) in [6.07, 6.45) is 2.64. The lowest BCUT2D eigenvalue weighted by molar-refractivity contribution is -0.129. The highest BCUT2D eigenvalue weighted by atomic mass is 35.5. The number of rotatable bonds is 2. The summed E-state index contributed by atoms with van der Waals surface area (Å²) in [6, 6.07) is 1.98. The monoisotopic (exact) mass is 253 g/mol. The summed E-state index contributed by atoms with van der Waals surface area (Å²) in [4.78, 5) is 19.8.